The summed E-state index contributed by atoms with van der Waals surface area (Å²) >= 11 is 0. The fourth-order valence-electron chi connectivity index (χ4n) is 3.81. The van der Waals surface area contributed by atoms with E-state index < -0.39 is 0 Å². The average molecular weight is 422 g/mol. The largest absolute Gasteiger partial charge is 0.343 e. The van der Waals surface area contributed by atoms with Crippen LogP contribution in [0.4, 0.5) is 10.7 Å². The van der Waals surface area contributed by atoms with Gasteiger partial charge in [-0.2, -0.15) is 5.10 Å². The SMILES string of the molecule is Cc1cnc(N2CCN(C(=O)N3N=CCC3c3ccccc3)CC2)nc1C(=O)N(C)C. The summed E-state index contributed by atoms with van der Waals surface area (Å²) in [6.07, 6.45) is 4.20. The zero-order valence-electron chi connectivity index (χ0n) is 18.1. The molecule has 0 radical (unpaired) electrons. The van der Waals surface area contributed by atoms with Crippen molar-refractivity contribution in [3.63, 3.8) is 0 Å². The van der Waals surface area contributed by atoms with Crippen molar-refractivity contribution in [3.8, 4) is 0 Å². The van der Waals surface area contributed by atoms with Crippen LogP contribution in [0.25, 0.3) is 0 Å². The summed E-state index contributed by atoms with van der Waals surface area (Å²) in [7, 11) is 3.41. The van der Waals surface area contributed by atoms with Gasteiger partial charge in [-0.1, -0.05) is 30.3 Å². The first-order chi connectivity index (χ1) is 15.0. The van der Waals surface area contributed by atoms with Crippen LogP contribution in [0.5, 0.6) is 0 Å². The number of piperazine rings is 1. The Labute approximate surface area is 182 Å². The number of aryl methyl sites for hydroxylation is 1. The molecular formula is C22H27N7O2. The van der Waals surface area contributed by atoms with Gasteiger partial charge < -0.3 is 14.7 Å². The molecule has 2 aliphatic rings. The molecule has 2 aromatic rings. The van der Waals surface area contributed by atoms with Crippen LogP contribution in [0, 0.1) is 6.92 Å². The third-order valence-electron chi connectivity index (χ3n) is 5.61. The van der Waals surface area contributed by atoms with Crippen LogP contribution >= 0.6 is 0 Å². The molecule has 1 unspecified atom stereocenters. The van der Waals surface area contributed by atoms with Crippen molar-refractivity contribution in [2.24, 2.45) is 5.10 Å². The van der Waals surface area contributed by atoms with Crippen LogP contribution < -0.4 is 4.90 Å². The van der Waals surface area contributed by atoms with Gasteiger partial charge in [-0.3, -0.25) is 4.79 Å². The Morgan fingerprint density at radius 1 is 1.06 bits per heavy atom. The summed E-state index contributed by atoms with van der Waals surface area (Å²) in [5, 5.41) is 5.92. The highest BCUT2D eigenvalue weighted by Gasteiger charge is 2.33. The van der Waals surface area contributed by atoms with Gasteiger partial charge in [0.15, 0.2) is 0 Å². The van der Waals surface area contributed by atoms with Crippen molar-refractivity contribution in [1.82, 2.24) is 24.8 Å². The molecule has 3 amide bonds. The van der Waals surface area contributed by atoms with Gasteiger partial charge in [0, 0.05) is 59.1 Å². The maximum Gasteiger partial charge on any atom is 0.341 e. The minimum absolute atomic E-state index is 0.0632. The van der Waals surface area contributed by atoms with Gasteiger partial charge in [0.1, 0.15) is 5.69 Å². The molecule has 0 saturated carbocycles. The van der Waals surface area contributed by atoms with Crippen molar-refractivity contribution >= 4 is 24.1 Å². The highest BCUT2D eigenvalue weighted by Crippen LogP contribution is 2.29. The van der Waals surface area contributed by atoms with Gasteiger partial charge in [-0.25, -0.2) is 19.8 Å². The molecule has 1 atom stereocenters. The van der Waals surface area contributed by atoms with Gasteiger partial charge >= 0.3 is 6.03 Å². The third kappa shape index (κ3) is 4.21. The number of rotatable bonds is 3. The van der Waals surface area contributed by atoms with Crippen molar-refractivity contribution in [1.29, 1.82) is 0 Å². The summed E-state index contributed by atoms with van der Waals surface area (Å²) < 4.78 is 0. The zero-order chi connectivity index (χ0) is 22.0. The van der Waals surface area contributed by atoms with Crippen molar-refractivity contribution in [2.75, 3.05) is 45.2 Å². The molecule has 1 fully saturated rings. The van der Waals surface area contributed by atoms with Crippen LogP contribution in [0.3, 0.4) is 0 Å². The summed E-state index contributed by atoms with van der Waals surface area (Å²) in [5.41, 5.74) is 2.24. The van der Waals surface area contributed by atoms with Gasteiger partial charge in [0.2, 0.25) is 5.95 Å². The Bertz CT molecular complexity index is 985. The Balaban J connectivity index is 1.42. The predicted octanol–water partition coefficient (Wildman–Crippen LogP) is 2.16. The van der Waals surface area contributed by atoms with E-state index in [2.05, 4.69) is 15.1 Å². The van der Waals surface area contributed by atoms with Crippen molar-refractivity contribution in [2.45, 2.75) is 19.4 Å². The number of benzene rings is 1. The number of carbonyl (C=O) groups excluding carboxylic acids is 2. The number of urea groups is 1. The summed E-state index contributed by atoms with van der Waals surface area (Å²) in [6, 6.07) is 9.83. The molecule has 4 rings (SSSR count). The Morgan fingerprint density at radius 3 is 2.45 bits per heavy atom. The number of carbonyl (C=O) groups is 2. The average Bonchev–Trinajstić information content (AvgIpc) is 3.29. The number of nitrogens with zero attached hydrogens (tertiary/aromatic N) is 7. The zero-order valence-corrected chi connectivity index (χ0v) is 18.1. The lowest BCUT2D eigenvalue weighted by molar-refractivity contribution is 0.0821. The molecule has 31 heavy (non-hydrogen) atoms. The van der Waals surface area contributed by atoms with E-state index in [1.54, 1.807) is 31.5 Å². The standard InChI is InChI=1S/C22H27N7O2/c1-16-15-23-21(25-19(16)20(30)26(2)3)27-11-13-28(14-12-27)22(31)29-18(9-10-24-29)17-7-5-4-6-8-17/h4-8,10,15,18H,9,11-14H2,1-3H3. The number of anilines is 1. The highest BCUT2D eigenvalue weighted by atomic mass is 16.2. The van der Waals surface area contributed by atoms with Crippen LogP contribution in [0.1, 0.15) is 34.1 Å². The van der Waals surface area contributed by atoms with Gasteiger partial charge in [0.25, 0.3) is 5.91 Å². The normalized spacial score (nSPS) is 18.4. The third-order valence-corrected chi connectivity index (χ3v) is 5.61. The van der Waals surface area contributed by atoms with Crippen LogP contribution in [0.2, 0.25) is 0 Å². The smallest absolute Gasteiger partial charge is 0.341 e. The fraction of sp³-hybridized carbons (Fsp3) is 0.409. The molecule has 0 N–H and O–H groups in total. The van der Waals surface area contributed by atoms with E-state index >= 15 is 0 Å². The molecule has 2 aliphatic heterocycles. The number of hydrazone groups is 1. The number of aromatic nitrogens is 2. The minimum atomic E-state index is -0.145. The molecule has 3 heterocycles. The van der Waals surface area contributed by atoms with Crippen molar-refractivity contribution < 1.29 is 9.59 Å². The Kier molecular flexibility index (Phi) is 5.83. The van der Waals surface area contributed by atoms with E-state index in [0.29, 0.717) is 37.8 Å². The monoisotopic (exact) mass is 421 g/mol. The Hall–Kier alpha value is -3.49. The lowest BCUT2D eigenvalue weighted by Crippen LogP contribution is -2.52. The quantitative estimate of drug-likeness (QED) is 0.758. The Morgan fingerprint density at radius 2 is 1.77 bits per heavy atom. The van der Waals surface area contributed by atoms with Gasteiger partial charge in [0.05, 0.1) is 6.04 Å². The molecule has 0 spiro atoms. The van der Waals surface area contributed by atoms with E-state index in [9.17, 15) is 9.59 Å². The van der Waals surface area contributed by atoms with Crippen LogP contribution in [-0.2, 0) is 0 Å². The summed E-state index contributed by atoms with van der Waals surface area (Å²) in [4.78, 5) is 39.8. The van der Waals surface area contributed by atoms with Crippen LogP contribution in [0.15, 0.2) is 41.6 Å². The van der Waals surface area contributed by atoms with E-state index in [-0.39, 0.29) is 18.0 Å². The first-order valence-electron chi connectivity index (χ1n) is 10.4. The molecule has 1 aromatic heterocycles. The van der Waals surface area contributed by atoms with E-state index in [1.807, 2.05) is 47.1 Å². The topological polar surface area (TPSA) is 85.2 Å². The first-order valence-corrected chi connectivity index (χ1v) is 10.4. The highest BCUT2D eigenvalue weighted by molar-refractivity contribution is 5.93. The van der Waals surface area contributed by atoms with Gasteiger partial charge in [-0.15, -0.1) is 0 Å². The summed E-state index contributed by atoms with van der Waals surface area (Å²) in [6.45, 7) is 4.11. The lowest BCUT2D eigenvalue weighted by atomic mass is 10.1. The van der Waals surface area contributed by atoms with Crippen molar-refractivity contribution in [3.05, 3.63) is 53.3 Å². The number of amides is 3. The molecule has 1 aromatic carbocycles. The lowest BCUT2D eigenvalue weighted by Gasteiger charge is -2.37. The molecule has 0 bridgehead atoms. The second kappa shape index (κ2) is 8.71. The predicted molar refractivity (Wildman–Crippen MR) is 118 cm³/mol. The summed E-state index contributed by atoms with van der Waals surface area (Å²) in [5.74, 6) is 0.373. The number of hydrogen-bond acceptors (Lipinski definition) is 6. The molecule has 9 heteroatoms. The minimum Gasteiger partial charge on any atom is -0.343 e. The molecule has 9 nitrogen and oxygen atoms in total. The second-order valence-corrected chi connectivity index (χ2v) is 7.96. The fourth-order valence-corrected chi connectivity index (χ4v) is 3.81. The van der Waals surface area contributed by atoms with Gasteiger partial charge in [-0.05, 0) is 18.1 Å². The van der Waals surface area contributed by atoms with E-state index in [4.69, 9.17) is 0 Å². The van der Waals surface area contributed by atoms with Crippen LogP contribution in [-0.4, -0.2) is 83.2 Å². The second-order valence-electron chi connectivity index (χ2n) is 7.96. The molecule has 162 valence electrons. The molecule has 0 aliphatic carbocycles. The molecule has 1 saturated heterocycles. The first kappa shape index (κ1) is 20.8. The van der Waals surface area contributed by atoms with E-state index in [0.717, 1.165) is 17.5 Å². The molecular weight excluding hydrogens is 394 g/mol. The number of hydrogen-bond donors (Lipinski definition) is 0. The van der Waals surface area contributed by atoms with E-state index in [1.165, 1.54) is 4.90 Å². The maximum absolute atomic E-state index is 13.1. The maximum atomic E-state index is 13.1.